The van der Waals surface area contributed by atoms with Gasteiger partial charge in [0.2, 0.25) is 0 Å². The summed E-state index contributed by atoms with van der Waals surface area (Å²) in [6.07, 6.45) is 6.90. The van der Waals surface area contributed by atoms with Gasteiger partial charge in [0.15, 0.2) is 5.67 Å². The minimum absolute atomic E-state index is 0.125. The van der Waals surface area contributed by atoms with E-state index in [1.807, 2.05) is 0 Å². The summed E-state index contributed by atoms with van der Waals surface area (Å²) in [7, 11) is 0. The second kappa shape index (κ2) is 8.73. The number of nitrogens with zero attached hydrogens (tertiary/aromatic N) is 2. The number of allylic oxidation sites excluding steroid dienone is 1. The molecule has 0 aliphatic heterocycles. The van der Waals surface area contributed by atoms with Crippen LogP contribution in [0.1, 0.15) is 42.6 Å². The Morgan fingerprint density at radius 3 is 2.71 bits per heavy atom. The smallest absolute Gasteiger partial charge is 0.252 e. The maximum absolute atomic E-state index is 15.4. The van der Waals surface area contributed by atoms with Gasteiger partial charge in [-0.1, -0.05) is 23.7 Å². The SMILES string of the molecule is C[C@@]1(O)CC[C@@H](Nc2c(C(N)=O)cnn3cc(N/C=C\C(=N)c4ccc(Cl)cc4)cc23)[C@@]1(C)F. The predicted octanol–water partition coefficient (Wildman–Crippen LogP) is 4.13. The zero-order valence-electron chi connectivity index (χ0n) is 18.8. The second-order valence-electron chi connectivity index (χ2n) is 8.84. The van der Waals surface area contributed by atoms with E-state index in [1.54, 1.807) is 48.8 Å². The summed E-state index contributed by atoms with van der Waals surface area (Å²) in [5.41, 5.74) is 4.78. The zero-order valence-corrected chi connectivity index (χ0v) is 19.5. The molecule has 3 aromatic rings. The maximum Gasteiger partial charge on any atom is 0.252 e. The predicted molar refractivity (Wildman–Crippen MR) is 132 cm³/mol. The summed E-state index contributed by atoms with van der Waals surface area (Å²) in [4.78, 5) is 12.1. The highest BCUT2D eigenvalue weighted by atomic mass is 35.5. The van der Waals surface area contributed by atoms with Gasteiger partial charge in [-0.25, -0.2) is 8.91 Å². The molecule has 4 rings (SSSR count). The van der Waals surface area contributed by atoms with E-state index < -0.39 is 23.2 Å². The van der Waals surface area contributed by atoms with Crippen molar-refractivity contribution in [1.82, 2.24) is 9.61 Å². The van der Waals surface area contributed by atoms with Crippen LogP contribution in [0.4, 0.5) is 15.8 Å². The first kappa shape index (κ1) is 23.7. The quantitative estimate of drug-likeness (QED) is 0.322. The molecule has 2 heterocycles. The van der Waals surface area contributed by atoms with Crippen LogP contribution in [0.2, 0.25) is 5.02 Å². The van der Waals surface area contributed by atoms with Crippen molar-refractivity contribution in [1.29, 1.82) is 5.41 Å². The summed E-state index contributed by atoms with van der Waals surface area (Å²) < 4.78 is 16.9. The normalized spacial score (nSPS) is 24.6. The molecule has 178 valence electrons. The molecule has 8 nitrogen and oxygen atoms in total. The minimum Gasteiger partial charge on any atom is -0.387 e. The molecule has 0 bridgehead atoms. The third kappa shape index (κ3) is 4.36. The van der Waals surface area contributed by atoms with Crippen LogP contribution < -0.4 is 16.4 Å². The van der Waals surface area contributed by atoms with Crippen molar-refractivity contribution < 1.29 is 14.3 Å². The van der Waals surface area contributed by atoms with E-state index in [1.165, 1.54) is 24.6 Å². The average Bonchev–Trinajstić information content (AvgIpc) is 3.27. The summed E-state index contributed by atoms with van der Waals surface area (Å²) >= 11 is 5.89. The number of primary amides is 1. The lowest BCUT2D eigenvalue weighted by molar-refractivity contribution is -0.0598. The van der Waals surface area contributed by atoms with Crippen LogP contribution in [0, 0.1) is 5.41 Å². The first-order valence-electron chi connectivity index (χ1n) is 10.8. The van der Waals surface area contributed by atoms with Crippen LogP contribution in [-0.4, -0.2) is 43.7 Å². The van der Waals surface area contributed by atoms with Crippen LogP contribution in [0.15, 0.2) is 55.0 Å². The third-order valence-corrected chi connectivity index (χ3v) is 6.76. The number of carbonyl (C=O) groups is 1. The molecule has 0 unspecified atom stereocenters. The van der Waals surface area contributed by atoms with Crippen LogP contribution in [0.5, 0.6) is 0 Å². The van der Waals surface area contributed by atoms with Gasteiger partial charge < -0.3 is 26.9 Å². The molecule has 0 spiro atoms. The lowest BCUT2D eigenvalue weighted by Gasteiger charge is -2.34. The van der Waals surface area contributed by atoms with E-state index in [0.717, 1.165) is 0 Å². The van der Waals surface area contributed by atoms with Gasteiger partial charge in [0.25, 0.3) is 5.91 Å². The molecule has 1 aliphatic carbocycles. The lowest BCUT2D eigenvalue weighted by atomic mass is 9.89. The number of carbonyl (C=O) groups excluding carboxylic acids is 1. The number of hydrogen-bond donors (Lipinski definition) is 5. The largest absolute Gasteiger partial charge is 0.387 e. The Morgan fingerprint density at radius 2 is 2.09 bits per heavy atom. The van der Waals surface area contributed by atoms with E-state index in [0.29, 0.717) is 39.6 Å². The van der Waals surface area contributed by atoms with Crippen molar-refractivity contribution in [3.8, 4) is 0 Å². The van der Waals surface area contributed by atoms with Gasteiger partial charge in [-0.05, 0) is 56.5 Å². The Balaban J connectivity index is 1.60. The molecule has 1 fully saturated rings. The number of alkyl halides is 1. The van der Waals surface area contributed by atoms with Gasteiger partial charge in [0.05, 0.1) is 52.2 Å². The van der Waals surface area contributed by atoms with E-state index in [9.17, 15) is 9.90 Å². The third-order valence-electron chi connectivity index (χ3n) is 6.50. The number of aromatic nitrogens is 2. The average molecular weight is 485 g/mol. The number of aliphatic hydroxyl groups is 1. The monoisotopic (exact) mass is 484 g/mol. The van der Waals surface area contributed by atoms with Crippen molar-refractivity contribution in [3.05, 3.63) is 71.2 Å². The Morgan fingerprint density at radius 1 is 1.38 bits per heavy atom. The number of nitrogens with two attached hydrogens (primary N) is 1. The van der Waals surface area contributed by atoms with Gasteiger partial charge in [-0.2, -0.15) is 5.10 Å². The summed E-state index contributed by atoms with van der Waals surface area (Å²) in [6, 6.07) is 7.96. The minimum atomic E-state index is -1.92. The molecular weight excluding hydrogens is 459 g/mol. The topological polar surface area (TPSA) is 129 Å². The summed E-state index contributed by atoms with van der Waals surface area (Å²) in [5.74, 6) is -0.699. The van der Waals surface area contributed by atoms with E-state index in [2.05, 4.69) is 15.7 Å². The van der Waals surface area contributed by atoms with Crippen molar-refractivity contribution in [3.63, 3.8) is 0 Å². The molecule has 3 atom stereocenters. The number of amides is 1. The first-order valence-corrected chi connectivity index (χ1v) is 11.1. The summed E-state index contributed by atoms with van der Waals surface area (Å²) in [5, 5.41) is 29.6. The highest BCUT2D eigenvalue weighted by Gasteiger charge is 2.55. The number of benzene rings is 1. The Kier molecular flexibility index (Phi) is 6.09. The number of rotatable bonds is 7. The fraction of sp³-hybridized carbons (Fsp3) is 0.292. The fourth-order valence-electron chi connectivity index (χ4n) is 4.12. The number of anilines is 2. The van der Waals surface area contributed by atoms with Gasteiger partial charge in [0, 0.05) is 11.2 Å². The van der Waals surface area contributed by atoms with Crippen molar-refractivity contribution >= 4 is 40.1 Å². The molecule has 1 aliphatic rings. The van der Waals surface area contributed by atoms with E-state index in [-0.39, 0.29) is 12.0 Å². The fourth-order valence-corrected chi connectivity index (χ4v) is 4.25. The maximum atomic E-state index is 15.4. The molecule has 0 radical (unpaired) electrons. The van der Waals surface area contributed by atoms with Crippen LogP contribution in [-0.2, 0) is 0 Å². The van der Waals surface area contributed by atoms with Crippen LogP contribution in [0.25, 0.3) is 5.52 Å². The standard InChI is InChI=1S/C24H26ClFN6O2/c1-23(34)9-7-20(24(23,2)26)31-21-17(22(28)33)12-30-32-13-16(11-19(21)32)29-10-8-18(27)14-3-5-15(25)6-4-14/h3-6,8,10-13,20,27,29,31,34H,7,9H2,1-2H3,(H2,28,33)/b10-8-,27-18?/t20-,23-,24-/m1/s1. The van der Waals surface area contributed by atoms with E-state index >= 15 is 4.39 Å². The highest BCUT2D eigenvalue weighted by molar-refractivity contribution is 6.30. The van der Waals surface area contributed by atoms with Crippen molar-refractivity contribution in [2.75, 3.05) is 10.6 Å². The second-order valence-corrected chi connectivity index (χ2v) is 9.28. The van der Waals surface area contributed by atoms with E-state index in [4.69, 9.17) is 22.7 Å². The molecular formula is C24H26ClFN6O2. The zero-order chi connectivity index (χ0) is 24.7. The van der Waals surface area contributed by atoms with Crippen molar-refractivity contribution in [2.24, 2.45) is 5.73 Å². The van der Waals surface area contributed by atoms with Gasteiger partial charge in [-0.3, -0.25) is 4.79 Å². The van der Waals surface area contributed by atoms with Crippen LogP contribution >= 0.6 is 11.6 Å². The number of nitrogens with one attached hydrogen (secondary N) is 3. The molecule has 1 saturated carbocycles. The molecule has 34 heavy (non-hydrogen) atoms. The molecule has 1 amide bonds. The number of hydrogen-bond acceptors (Lipinski definition) is 6. The first-order chi connectivity index (χ1) is 16.0. The molecule has 1 aromatic carbocycles. The Bertz CT molecular complexity index is 1280. The Hall–Kier alpha value is -3.43. The summed E-state index contributed by atoms with van der Waals surface area (Å²) in [6.45, 7) is 2.82. The molecule has 10 heteroatoms. The van der Waals surface area contributed by atoms with Crippen LogP contribution in [0.3, 0.4) is 0 Å². The van der Waals surface area contributed by atoms with Crippen molar-refractivity contribution in [2.45, 2.75) is 44.0 Å². The number of halogens is 2. The molecule has 0 saturated heterocycles. The van der Waals surface area contributed by atoms with Gasteiger partial charge in [-0.15, -0.1) is 0 Å². The van der Waals surface area contributed by atoms with Gasteiger partial charge in [0.1, 0.15) is 0 Å². The highest BCUT2D eigenvalue weighted by Crippen LogP contribution is 2.44. The molecule has 6 N–H and O–H groups in total. The Labute approximate surface area is 201 Å². The van der Waals surface area contributed by atoms with Gasteiger partial charge >= 0.3 is 0 Å². The lowest BCUT2D eigenvalue weighted by Crippen LogP contribution is -2.50. The molecule has 2 aromatic heterocycles. The number of fused-ring (bicyclic) bond motifs is 1.